The molecule has 0 radical (unpaired) electrons. The number of sulfone groups is 1. The van der Waals surface area contributed by atoms with Crippen LogP contribution < -0.4 is 10.2 Å². The Bertz CT molecular complexity index is 689. The van der Waals surface area contributed by atoms with E-state index in [1.54, 1.807) is 25.2 Å². The van der Waals surface area contributed by atoms with Crippen LogP contribution in [0.2, 0.25) is 0 Å². The first-order valence-corrected chi connectivity index (χ1v) is 8.55. The average molecular weight is 327 g/mol. The molecule has 1 fully saturated rings. The van der Waals surface area contributed by atoms with Crippen molar-refractivity contribution in [3.63, 3.8) is 0 Å². The Morgan fingerprint density at radius 2 is 2.14 bits per heavy atom. The summed E-state index contributed by atoms with van der Waals surface area (Å²) in [5.41, 5.74) is 0.253. The van der Waals surface area contributed by atoms with Gasteiger partial charge in [-0.05, 0) is 12.5 Å². The van der Waals surface area contributed by atoms with Crippen molar-refractivity contribution >= 4 is 27.1 Å². The van der Waals surface area contributed by atoms with Gasteiger partial charge in [0, 0.05) is 19.2 Å². The van der Waals surface area contributed by atoms with Crippen molar-refractivity contribution in [1.82, 2.24) is 5.32 Å². The van der Waals surface area contributed by atoms with E-state index < -0.39 is 14.8 Å². The summed E-state index contributed by atoms with van der Waals surface area (Å²) in [6, 6.07) is 5.76. The molecule has 1 heterocycles. The van der Waals surface area contributed by atoms with Crippen LogP contribution in [0.25, 0.3) is 0 Å². The molecular formula is C13H17N3O5S. The number of nitrogens with zero attached hydrogens (tertiary/aromatic N) is 2. The number of benzene rings is 1. The lowest BCUT2D eigenvalue weighted by Gasteiger charge is -2.20. The molecule has 9 heteroatoms. The van der Waals surface area contributed by atoms with Crippen LogP contribution in [0.15, 0.2) is 24.3 Å². The van der Waals surface area contributed by atoms with Gasteiger partial charge in [0.25, 0.3) is 5.69 Å². The highest BCUT2D eigenvalue weighted by atomic mass is 32.2. The molecule has 1 aliphatic heterocycles. The summed E-state index contributed by atoms with van der Waals surface area (Å²) in [5, 5.41) is 13.6. The molecular weight excluding hydrogens is 310 g/mol. The summed E-state index contributed by atoms with van der Waals surface area (Å²) in [6.45, 7) is -0.0819. The number of anilines is 1. The molecule has 1 aliphatic rings. The van der Waals surface area contributed by atoms with Crippen LogP contribution in [-0.2, 0) is 14.6 Å². The van der Waals surface area contributed by atoms with Gasteiger partial charge in [-0.1, -0.05) is 12.1 Å². The minimum absolute atomic E-state index is 0.0477. The topological polar surface area (TPSA) is 110 Å². The third kappa shape index (κ3) is 3.94. The summed E-state index contributed by atoms with van der Waals surface area (Å²) < 4.78 is 22.7. The van der Waals surface area contributed by atoms with Crippen molar-refractivity contribution in [2.75, 3.05) is 30.0 Å². The van der Waals surface area contributed by atoms with E-state index in [1.807, 2.05) is 0 Å². The van der Waals surface area contributed by atoms with Gasteiger partial charge in [-0.2, -0.15) is 0 Å². The van der Waals surface area contributed by atoms with Crippen molar-refractivity contribution in [2.24, 2.45) is 0 Å². The van der Waals surface area contributed by atoms with Crippen LogP contribution in [0.5, 0.6) is 0 Å². The maximum atomic E-state index is 12.0. The highest BCUT2D eigenvalue weighted by Gasteiger charge is 2.29. The SMILES string of the molecule is CN(CC(=O)NC1CCS(=O)(=O)C1)c1ccccc1[N+](=O)[O-]. The lowest BCUT2D eigenvalue weighted by molar-refractivity contribution is -0.384. The van der Waals surface area contributed by atoms with Crippen molar-refractivity contribution in [3.05, 3.63) is 34.4 Å². The maximum absolute atomic E-state index is 12.0. The third-order valence-corrected chi connectivity index (χ3v) is 5.24. The smallest absolute Gasteiger partial charge is 0.292 e. The van der Waals surface area contributed by atoms with E-state index >= 15 is 0 Å². The molecule has 2 rings (SSSR count). The zero-order valence-corrected chi connectivity index (χ0v) is 12.9. The van der Waals surface area contributed by atoms with Crippen molar-refractivity contribution in [3.8, 4) is 0 Å². The fraction of sp³-hybridized carbons (Fsp3) is 0.462. The number of nitrogens with one attached hydrogen (secondary N) is 1. The monoisotopic (exact) mass is 327 g/mol. The van der Waals surface area contributed by atoms with E-state index in [4.69, 9.17) is 0 Å². The van der Waals surface area contributed by atoms with Gasteiger partial charge < -0.3 is 10.2 Å². The lowest BCUT2D eigenvalue weighted by atomic mass is 10.2. The van der Waals surface area contributed by atoms with Crippen molar-refractivity contribution < 1.29 is 18.1 Å². The Morgan fingerprint density at radius 1 is 1.45 bits per heavy atom. The molecule has 22 heavy (non-hydrogen) atoms. The van der Waals surface area contributed by atoms with Gasteiger partial charge >= 0.3 is 0 Å². The van der Waals surface area contributed by atoms with Crippen LogP contribution in [0, 0.1) is 10.1 Å². The molecule has 0 aliphatic carbocycles. The number of hydrogen-bond acceptors (Lipinski definition) is 6. The largest absolute Gasteiger partial charge is 0.360 e. The van der Waals surface area contributed by atoms with Crippen LogP contribution >= 0.6 is 0 Å². The second-order valence-electron chi connectivity index (χ2n) is 5.27. The summed E-state index contributed by atoms with van der Waals surface area (Å²) in [6.07, 6.45) is 0.406. The van der Waals surface area contributed by atoms with Crippen molar-refractivity contribution in [2.45, 2.75) is 12.5 Å². The molecule has 8 nitrogen and oxygen atoms in total. The summed E-state index contributed by atoms with van der Waals surface area (Å²) in [7, 11) is -1.48. The zero-order valence-electron chi connectivity index (χ0n) is 12.1. The second kappa shape index (κ2) is 6.30. The Labute approximate surface area is 128 Å². The molecule has 1 saturated heterocycles. The first-order valence-electron chi connectivity index (χ1n) is 6.73. The fourth-order valence-electron chi connectivity index (χ4n) is 2.42. The van der Waals surface area contributed by atoms with E-state index in [2.05, 4.69) is 5.32 Å². The maximum Gasteiger partial charge on any atom is 0.292 e. The van der Waals surface area contributed by atoms with Gasteiger partial charge in [-0.25, -0.2) is 8.42 Å². The van der Waals surface area contributed by atoms with E-state index in [0.717, 1.165) is 0 Å². The molecule has 0 spiro atoms. The third-order valence-electron chi connectivity index (χ3n) is 3.47. The predicted molar refractivity (Wildman–Crippen MR) is 81.6 cm³/mol. The Kier molecular flexibility index (Phi) is 4.65. The first-order chi connectivity index (χ1) is 10.3. The Morgan fingerprint density at radius 3 is 2.73 bits per heavy atom. The molecule has 1 atom stereocenters. The summed E-state index contributed by atoms with van der Waals surface area (Å²) in [5.74, 6) is -0.325. The minimum Gasteiger partial charge on any atom is -0.360 e. The Balaban J connectivity index is 1.99. The number of rotatable bonds is 5. The van der Waals surface area contributed by atoms with E-state index in [1.165, 1.54) is 11.0 Å². The second-order valence-corrected chi connectivity index (χ2v) is 7.50. The number of likely N-dealkylation sites (N-methyl/N-ethyl adjacent to an activating group) is 1. The molecule has 1 amide bonds. The number of hydrogen-bond donors (Lipinski definition) is 1. The molecule has 0 bridgehead atoms. The number of amides is 1. The van der Waals surface area contributed by atoms with E-state index in [9.17, 15) is 23.3 Å². The van der Waals surface area contributed by atoms with Crippen molar-refractivity contribution in [1.29, 1.82) is 0 Å². The normalized spacial score (nSPS) is 19.6. The van der Waals surface area contributed by atoms with Crippen LogP contribution in [0.1, 0.15) is 6.42 Å². The molecule has 1 aromatic carbocycles. The molecule has 0 saturated carbocycles. The van der Waals surface area contributed by atoms with Gasteiger partial charge in [-0.15, -0.1) is 0 Å². The van der Waals surface area contributed by atoms with Gasteiger partial charge in [0.15, 0.2) is 9.84 Å². The van der Waals surface area contributed by atoms with Crippen LogP contribution in [-0.4, -0.2) is 50.4 Å². The molecule has 120 valence electrons. The number of nitro groups is 1. The molecule has 1 aromatic rings. The van der Waals surface area contributed by atoms with Crippen LogP contribution in [0.4, 0.5) is 11.4 Å². The molecule has 0 aromatic heterocycles. The molecule has 1 N–H and O–H groups in total. The standard InChI is InChI=1S/C13H17N3O5S/c1-15(11-4-2-3-5-12(11)16(18)19)8-13(17)14-10-6-7-22(20,21)9-10/h2-5,10H,6-9H2,1H3,(H,14,17). The van der Waals surface area contributed by atoms with Gasteiger partial charge in [0.05, 0.1) is 23.0 Å². The van der Waals surface area contributed by atoms with E-state index in [0.29, 0.717) is 12.1 Å². The summed E-state index contributed by atoms with van der Waals surface area (Å²) in [4.78, 5) is 23.9. The van der Waals surface area contributed by atoms with Gasteiger partial charge in [-0.3, -0.25) is 14.9 Å². The highest BCUT2D eigenvalue weighted by Crippen LogP contribution is 2.26. The minimum atomic E-state index is -3.06. The fourth-order valence-corrected chi connectivity index (χ4v) is 4.10. The quantitative estimate of drug-likeness (QED) is 0.616. The highest BCUT2D eigenvalue weighted by molar-refractivity contribution is 7.91. The zero-order chi connectivity index (χ0) is 16.3. The number of nitro benzene ring substituents is 1. The number of carbonyl (C=O) groups excluding carboxylic acids is 1. The van der Waals surface area contributed by atoms with E-state index in [-0.39, 0.29) is 35.7 Å². The van der Waals surface area contributed by atoms with Gasteiger partial charge in [0.1, 0.15) is 5.69 Å². The summed E-state index contributed by atoms with van der Waals surface area (Å²) >= 11 is 0. The Hall–Kier alpha value is -2.16. The lowest BCUT2D eigenvalue weighted by Crippen LogP contribution is -2.41. The molecule has 1 unspecified atom stereocenters. The van der Waals surface area contributed by atoms with Crippen LogP contribution in [0.3, 0.4) is 0 Å². The predicted octanol–water partition coefficient (Wildman–Crippen LogP) is 0.334. The van der Waals surface area contributed by atoms with Gasteiger partial charge in [0.2, 0.25) is 5.91 Å². The first kappa shape index (κ1) is 16.2. The number of para-hydroxylation sites is 2. The average Bonchev–Trinajstić information content (AvgIpc) is 2.77. The number of carbonyl (C=O) groups is 1.